The number of rotatable bonds is 8. The van der Waals surface area contributed by atoms with E-state index in [9.17, 15) is 27.2 Å². The summed E-state index contributed by atoms with van der Waals surface area (Å²) in [6, 6.07) is 3.89. The predicted molar refractivity (Wildman–Crippen MR) is 120 cm³/mol. The van der Waals surface area contributed by atoms with Gasteiger partial charge < -0.3 is 15.0 Å². The van der Waals surface area contributed by atoms with E-state index in [1.54, 1.807) is 18.7 Å². The van der Waals surface area contributed by atoms with Crippen LogP contribution in [0.2, 0.25) is 0 Å². The van der Waals surface area contributed by atoms with Gasteiger partial charge in [-0.15, -0.1) is 0 Å². The molecule has 1 unspecified atom stereocenters. The summed E-state index contributed by atoms with van der Waals surface area (Å²) in [4.78, 5) is 39.8. The third-order valence-corrected chi connectivity index (χ3v) is 8.02. The summed E-state index contributed by atoms with van der Waals surface area (Å²) < 4.78 is 43.1. The lowest BCUT2D eigenvalue weighted by Gasteiger charge is -2.34. The Balaban J connectivity index is 1.65. The molecule has 2 amide bonds. The molecule has 3 rings (SSSR count). The summed E-state index contributed by atoms with van der Waals surface area (Å²) in [5, 5.41) is 2.49. The number of ether oxygens (including phenoxy) is 1. The van der Waals surface area contributed by atoms with Crippen molar-refractivity contribution in [3.63, 3.8) is 0 Å². The standard InChI is InChI=1S/C23H31FN2O6S/c1-15(2)21(25-22(28)18-9-5-6-10-19(18)24)23(29)32-13-20(27)26(16-7-3-4-8-16)17-11-12-33(30,31)14-17/h5-6,9-10,15-17,21H,3-4,7-8,11-14H2,1-2H3,(H,25,28)/t17?,21-/m0/s1. The molecule has 0 aromatic heterocycles. The van der Waals surface area contributed by atoms with Crippen LogP contribution in [0, 0.1) is 11.7 Å². The molecule has 1 heterocycles. The van der Waals surface area contributed by atoms with Crippen LogP contribution in [0.4, 0.5) is 4.39 Å². The van der Waals surface area contributed by atoms with Gasteiger partial charge in [-0.1, -0.05) is 38.8 Å². The first-order valence-corrected chi connectivity index (χ1v) is 13.1. The molecule has 0 radical (unpaired) electrons. The van der Waals surface area contributed by atoms with Crippen LogP contribution in [-0.4, -0.2) is 67.3 Å². The van der Waals surface area contributed by atoms with Crippen molar-refractivity contribution < 1.29 is 31.9 Å². The van der Waals surface area contributed by atoms with E-state index in [0.717, 1.165) is 31.7 Å². The van der Waals surface area contributed by atoms with E-state index in [1.807, 2.05) is 0 Å². The number of nitrogens with zero attached hydrogens (tertiary/aromatic N) is 1. The molecule has 182 valence electrons. The summed E-state index contributed by atoms with van der Waals surface area (Å²) in [6.07, 6.45) is 3.90. The molecule has 1 saturated carbocycles. The van der Waals surface area contributed by atoms with Crippen LogP contribution in [0.1, 0.15) is 56.3 Å². The highest BCUT2D eigenvalue weighted by Gasteiger charge is 2.39. The average molecular weight is 483 g/mol. The fourth-order valence-corrected chi connectivity index (χ4v) is 6.25. The Morgan fingerprint density at radius 3 is 2.36 bits per heavy atom. The quantitative estimate of drug-likeness (QED) is 0.568. The largest absolute Gasteiger partial charge is 0.454 e. The van der Waals surface area contributed by atoms with E-state index >= 15 is 0 Å². The molecular formula is C23H31FN2O6S. The number of hydrogen-bond acceptors (Lipinski definition) is 6. The van der Waals surface area contributed by atoms with Crippen LogP contribution >= 0.6 is 0 Å². The minimum atomic E-state index is -3.18. The van der Waals surface area contributed by atoms with Gasteiger partial charge in [-0.2, -0.15) is 0 Å². The topological polar surface area (TPSA) is 110 Å². The smallest absolute Gasteiger partial charge is 0.329 e. The fourth-order valence-electron chi connectivity index (χ4n) is 4.54. The van der Waals surface area contributed by atoms with E-state index in [0.29, 0.717) is 6.42 Å². The molecule has 8 nitrogen and oxygen atoms in total. The number of nitrogens with one attached hydrogen (secondary N) is 1. The number of hydrogen-bond donors (Lipinski definition) is 1. The minimum Gasteiger partial charge on any atom is -0.454 e. The van der Waals surface area contributed by atoms with Crippen LogP contribution in [-0.2, 0) is 24.2 Å². The van der Waals surface area contributed by atoms with Crippen LogP contribution in [0.25, 0.3) is 0 Å². The van der Waals surface area contributed by atoms with Gasteiger partial charge in [0, 0.05) is 12.1 Å². The van der Waals surface area contributed by atoms with Crippen molar-refractivity contribution in [1.29, 1.82) is 0 Å². The monoisotopic (exact) mass is 482 g/mol. The lowest BCUT2D eigenvalue weighted by atomic mass is 10.0. The van der Waals surface area contributed by atoms with Crippen molar-refractivity contribution in [3.05, 3.63) is 35.6 Å². The van der Waals surface area contributed by atoms with Crippen molar-refractivity contribution >= 4 is 27.6 Å². The Bertz CT molecular complexity index is 990. The summed E-state index contributed by atoms with van der Waals surface area (Å²) in [6.45, 7) is 2.86. The third kappa shape index (κ3) is 6.31. The zero-order valence-electron chi connectivity index (χ0n) is 19.0. The zero-order valence-corrected chi connectivity index (χ0v) is 19.8. The molecule has 0 bridgehead atoms. The Kier molecular flexibility index (Phi) is 8.10. The second-order valence-electron chi connectivity index (χ2n) is 9.08. The van der Waals surface area contributed by atoms with E-state index in [-0.39, 0.29) is 29.0 Å². The Labute approximate surface area is 193 Å². The van der Waals surface area contributed by atoms with Crippen LogP contribution < -0.4 is 5.32 Å². The molecule has 33 heavy (non-hydrogen) atoms. The molecule has 2 aliphatic rings. The number of esters is 1. The second kappa shape index (κ2) is 10.6. The highest BCUT2D eigenvalue weighted by Crippen LogP contribution is 2.29. The summed E-state index contributed by atoms with van der Waals surface area (Å²) in [5.74, 6) is -3.08. The number of carbonyl (C=O) groups excluding carboxylic acids is 3. The Morgan fingerprint density at radius 2 is 1.79 bits per heavy atom. The van der Waals surface area contributed by atoms with Gasteiger partial charge >= 0.3 is 5.97 Å². The van der Waals surface area contributed by atoms with Crippen molar-refractivity contribution in [1.82, 2.24) is 10.2 Å². The fraction of sp³-hybridized carbons (Fsp3) is 0.609. The lowest BCUT2D eigenvalue weighted by molar-refractivity contribution is -0.156. The molecule has 1 aliphatic carbocycles. The Hall–Kier alpha value is -2.49. The normalized spacial score (nSPS) is 21.0. The third-order valence-electron chi connectivity index (χ3n) is 6.27. The second-order valence-corrected chi connectivity index (χ2v) is 11.3. The minimum absolute atomic E-state index is 0.0471. The molecule has 1 saturated heterocycles. The van der Waals surface area contributed by atoms with Crippen molar-refractivity contribution in [2.75, 3.05) is 18.1 Å². The highest BCUT2D eigenvalue weighted by atomic mass is 32.2. The first-order valence-electron chi connectivity index (χ1n) is 11.3. The van der Waals surface area contributed by atoms with Gasteiger partial charge in [0.15, 0.2) is 16.4 Å². The van der Waals surface area contributed by atoms with Crippen molar-refractivity contribution in [2.45, 2.75) is 64.1 Å². The van der Waals surface area contributed by atoms with Gasteiger partial charge in [-0.05, 0) is 37.3 Å². The maximum Gasteiger partial charge on any atom is 0.329 e. The van der Waals surface area contributed by atoms with E-state index in [2.05, 4.69) is 5.32 Å². The summed E-state index contributed by atoms with van der Waals surface area (Å²) in [7, 11) is -3.18. The first kappa shape index (κ1) is 25.1. The van der Waals surface area contributed by atoms with Gasteiger partial charge in [-0.25, -0.2) is 17.6 Å². The predicted octanol–water partition coefficient (Wildman–Crippen LogP) is 2.08. The molecule has 0 spiro atoms. The number of benzene rings is 1. The van der Waals surface area contributed by atoms with Crippen LogP contribution in [0.3, 0.4) is 0 Å². The van der Waals surface area contributed by atoms with E-state index in [4.69, 9.17) is 4.74 Å². The summed E-state index contributed by atoms with van der Waals surface area (Å²) >= 11 is 0. The zero-order chi connectivity index (χ0) is 24.2. The number of carbonyl (C=O) groups is 3. The molecule has 1 aliphatic heterocycles. The molecule has 2 atom stereocenters. The SMILES string of the molecule is CC(C)[C@H](NC(=O)c1ccccc1F)C(=O)OCC(=O)N(C1CCCC1)C1CCS(=O)(=O)C1. The maximum atomic E-state index is 13.9. The van der Waals surface area contributed by atoms with Crippen molar-refractivity contribution in [2.24, 2.45) is 5.92 Å². The van der Waals surface area contributed by atoms with Crippen LogP contribution in [0.15, 0.2) is 24.3 Å². The van der Waals surface area contributed by atoms with E-state index < -0.39 is 52.1 Å². The maximum absolute atomic E-state index is 13.9. The molecule has 1 aromatic rings. The molecule has 1 N–H and O–H groups in total. The Morgan fingerprint density at radius 1 is 1.12 bits per heavy atom. The lowest BCUT2D eigenvalue weighted by Crippen LogP contribution is -2.50. The molecule has 2 fully saturated rings. The van der Waals surface area contributed by atoms with Crippen molar-refractivity contribution in [3.8, 4) is 0 Å². The first-order chi connectivity index (χ1) is 15.6. The molecular weight excluding hydrogens is 451 g/mol. The van der Waals surface area contributed by atoms with Gasteiger partial charge in [0.05, 0.1) is 17.1 Å². The molecule has 1 aromatic carbocycles. The van der Waals surface area contributed by atoms with Gasteiger partial charge in [0.25, 0.3) is 11.8 Å². The average Bonchev–Trinajstić information content (AvgIpc) is 3.40. The number of amides is 2. The van der Waals surface area contributed by atoms with Gasteiger partial charge in [0.1, 0.15) is 11.9 Å². The van der Waals surface area contributed by atoms with Crippen LogP contribution in [0.5, 0.6) is 0 Å². The number of sulfone groups is 1. The highest BCUT2D eigenvalue weighted by molar-refractivity contribution is 7.91. The van der Waals surface area contributed by atoms with Gasteiger partial charge in [-0.3, -0.25) is 9.59 Å². The number of halogens is 1. The van der Waals surface area contributed by atoms with Gasteiger partial charge in [0.2, 0.25) is 0 Å². The summed E-state index contributed by atoms with van der Waals surface area (Å²) in [5.41, 5.74) is -0.193. The van der Waals surface area contributed by atoms with E-state index in [1.165, 1.54) is 18.2 Å². The molecule has 10 heteroatoms.